The van der Waals surface area contributed by atoms with Crippen LogP contribution in [0.25, 0.3) is 0 Å². The molecule has 16 heavy (non-hydrogen) atoms. The first-order valence-electron chi connectivity index (χ1n) is 5.67. The molecule has 0 spiro atoms. The maximum atomic E-state index is 5.66. The fraction of sp³-hybridized carbons (Fsp3) is 0.286. The Labute approximate surface area is 98.1 Å². The van der Waals surface area contributed by atoms with Crippen LogP contribution in [0.3, 0.4) is 0 Å². The van der Waals surface area contributed by atoms with E-state index >= 15 is 0 Å². The monoisotopic (exact) mass is 230 g/mol. The lowest BCUT2D eigenvalue weighted by Crippen LogP contribution is -2.36. The van der Waals surface area contributed by atoms with Gasteiger partial charge in [0.15, 0.2) is 0 Å². The van der Waals surface area contributed by atoms with E-state index in [0.717, 1.165) is 6.42 Å². The minimum Gasteiger partial charge on any atom is -0.474 e. The summed E-state index contributed by atoms with van der Waals surface area (Å²) in [5.74, 6) is 0. The molecule has 2 rings (SSSR count). The predicted octanol–water partition coefficient (Wildman–Crippen LogP) is 3.42. The van der Waals surface area contributed by atoms with Gasteiger partial charge in [0.1, 0.15) is 8.07 Å². The number of benzene rings is 1. The summed E-state index contributed by atoms with van der Waals surface area (Å²) in [7, 11) is -1.30. The van der Waals surface area contributed by atoms with E-state index in [1.807, 2.05) is 12.3 Å². The summed E-state index contributed by atoms with van der Waals surface area (Å²) in [5.41, 5.74) is 2.62. The van der Waals surface area contributed by atoms with Crippen LogP contribution >= 0.6 is 0 Å². The largest absolute Gasteiger partial charge is 0.474 e. The van der Waals surface area contributed by atoms with Crippen molar-refractivity contribution in [1.82, 2.24) is 0 Å². The lowest BCUT2D eigenvalue weighted by molar-refractivity contribution is 0.594. The maximum absolute atomic E-state index is 5.66. The molecule has 84 valence electrons. The number of hydrogen-bond acceptors (Lipinski definition) is 1. The molecule has 0 N–H and O–H groups in total. The summed E-state index contributed by atoms with van der Waals surface area (Å²) >= 11 is 0. The fourth-order valence-electron chi connectivity index (χ4n) is 1.69. The first kappa shape index (κ1) is 11.2. The Hall–Kier alpha value is -1.28. The Morgan fingerprint density at radius 3 is 2.25 bits per heavy atom. The Balaban J connectivity index is 2.15. The van der Waals surface area contributed by atoms with Crippen LogP contribution in [-0.2, 0) is 6.42 Å². The molecule has 0 radical (unpaired) electrons. The highest BCUT2D eigenvalue weighted by Crippen LogP contribution is 2.11. The molecule has 0 aliphatic heterocycles. The van der Waals surface area contributed by atoms with Gasteiger partial charge in [0.25, 0.3) is 0 Å². The van der Waals surface area contributed by atoms with Gasteiger partial charge < -0.3 is 4.42 Å². The molecule has 2 aromatic rings. The second-order valence-electron chi connectivity index (χ2n) is 5.23. The highest BCUT2D eigenvalue weighted by atomic mass is 28.3. The fourth-order valence-corrected chi connectivity index (χ4v) is 2.72. The molecule has 0 bridgehead atoms. The molecular formula is C14H18OSi. The van der Waals surface area contributed by atoms with E-state index in [0.29, 0.717) is 0 Å². The Kier molecular flexibility index (Phi) is 3.01. The zero-order valence-electron chi connectivity index (χ0n) is 10.2. The number of furan rings is 1. The minimum absolute atomic E-state index is 0.967. The van der Waals surface area contributed by atoms with Crippen molar-refractivity contribution in [3.05, 3.63) is 53.8 Å². The van der Waals surface area contributed by atoms with E-state index in [4.69, 9.17) is 4.42 Å². The molecule has 0 aliphatic carbocycles. The van der Waals surface area contributed by atoms with Crippen molar-refractivity contribution in [3.63, 3.8) is 0 Å². The maximum Gasteiger partial charge on any atom is 0.123 e. The average Bonchev–Trinajstić information content (AvgIpc) is 2.67. The first-order valence-corrected chi connectivity index (χ1v) is 9.17. The van der Waals surface area contributed by atoms with Crippen molar-refractivity contribution in [2.24, 2.45) is 0 Å². The van der Waals surface area contributed by atoms with E-state index in [9.17, 15) is 0 Å². The summed E-state index contributed by atoms with van der Waals surface area (Å²) in [6.07, 6.45) is 2.87. The molecule has 2 heteroatoms. The molecule has 1 nitrogen and oxygen atoms in total. The standard InChI is InChI=1S/C14H18OSi/c1-16(2,3)14-10-13(11-15-14)9-12-7-5-4-6-8-12/h4-8,10-11H,9H2,1-3H3. The van der Waals surface area contributed by atoms with Crippen molar-refractivity contribution in [2.45, 2.75) is 26.1 Å². The molecule has 1 heterocycles. The van der Waals surface area contributed by atoms with Gasteiger partial charge in [-0.1, -0.05) is 50.0 Å². The highest BCUT2D eigenvalue weighted by molar-refractivity contribution is 6.87. The van der Waals surface area contributed by atoms with Crippen LogP contribution in [0.2, 0.25) is 19.6 Å². The molecule has 0 saturated carbocycles. The summed E-state index contributed by atoms with van der Waals surface area (Å²) in [6.45, 7) is 6.91. The van der Waals surface area contributed by atoms with Crippen molar-refractivity contribution in [3.8, 4) is 0 Å². The van der Waals surface area contributed by atoms with Crippen LogP contribution < -0.4 is 5.38 Å². The molecule has 0 aliphatic rings. The number of hydrogen-bond donors (Lipinski definition) is 0. The van der Waals surface area contributed by atoms with Crippen LogP contribution in [0.4, 0.5) is 0 Å². The van der Waals surface area contributed by atoms with E-state index in [1.165, 1.54) is 16.5 Å². The Morgan fingerprint density at radius 1 is 1.00 bits per heavy atom. The van der Waals surface area contributed by atoms with E-state index < -0.39 is 8.07 Å². The molecule has 0 saturated heterocycles. The molecule has 1 aromatic carbocycles. The molecule has 0 unspecified atom stereocenters. The summed E-state index contributed by atoms with van der Waals surface area (Å²) in [6, 6.07) is 12.7. The molecule has 1 aromatic heterocycles. The van der Waals surface area contributed by atoms with Gasteiger partial charge in [-0.25, -0.2) is 0 Å². The van der Waals surface area contributed by atoms with Gasteiger partial charge in [-0.15, -0.1) is 0 Å². The average molecular weight is 230 g/mol. The second-order valence-corrected chi connectivity index (χ2v) is 10.2. The zero-order valence-corrected chi connectivity index (χ0v) is 11.2. The topological polar surface area (TPSA) is 13.1 Å². The van der Waals surface area contributed by atoms with Crippen molar-refractivity contribution in [2.75, 3.05) is 0 Å². The van der Waals surface area contributed by atoms with Crippen LogP contribution in [0, 0.1) is 0 Å². The molecule has 0 atom stereocenters. The van der Waals surface area contributed by atoms with Crippen LogP contribution in [0.15, 0.2) is 47.1 Å². The Morgan fingerprint density at radius 2 is 1.69 bits per heavy atom. The molecule has 0 amide bonds. The van der Waals surface area contributed by atoms with Crippen LogP contribution in [-0.4, -0.2) is 8.07 Å². The third kappa shape index (κ3) is 2.64. The zero-order chi connectivity index (χ0) is 11.6. The molecular weight excluding hydrogens is 212 g/mol. The third-order valence-corrected chi connectivity index (χ3v) is 4.38. The van der Waals surface area contributed by atoms with Crippen molar-refractivity contribution < 1.29 is 4.42 Å². The van der Waals surface area contributed by atoms with E-state index in [1.54, 1.807) is 0 Å². The Bertz CT molecular complexity index is 451. The van der Waals surface area contributed by atoms with E-state index in [-0.39, 0.29) is 0 Å². The molecule has 0 fully saturated rings. The summed E-state index contributed by atoms with van der Waals surface area (Å²) in [4.78, 5) is 0. The quantitative estimate of drug-likeness (QED) is 0.736. The number of rotatable bonds is 3. The van der Waals surface area contributed by atoms with E-state index in [2.05, 4.69) is 50.0 Å². The second kappa shape index (κ2) is 4.30. The van der Waals surface area contributed by atoms with Gasteiger partial charge in [0.05, 0.1) is 11.6 Å². The van der Waals surface area contributed by atoms with Gasteiger partial charge in [-0.2, -0.15) is 0 Å². The smallest absolute Gasteiger partial charge is 0.123 e. The van der Waals surface area contributed by atoms with Gasteiger partial charge in [-0.05, 0) is 17.2 Å². The van der Waals surface area contributed by atoms with Gasteiger partial charge in [-0.3, -0.25) is 0 Å². The predicted molar refractivity (Wildman–Crippen MR) is 70.9 cm³/mol. The summed E-state index contributed by atoms with van der Waals surface area (Å²) in [5, 5.41) is 1.19. The van der Waals surface area contributed by atoms with Gasteiger partial charge >= 0.3 is 0 Å². The van der Waals surface area contributed by atoms with Crippen molar-refractivity contribution >= 4 is 13.5 Å². The first-order chi connectivity index (χ1) is 7.55. The summed E-state index contributed by atoms with van der Waals surface area (Å²) < 4.78 is 5.66. The van der Waals surface area contributed by atoms with Gasteiger partial charge in [0.2, 0.25) is 0 Å². The van der Waals surface area contributed by atoms with Gasteiger partial charge in [0, 0.05) is 6.42 Å². The highest BCUT2D eigenvalue weighted by Gasteiger charge is 2.20. The third-order valence-electron chi connectivity index (χ3n) is 2.64. The lowest BCUT2D eigenvalue weighted by atomic mass is 10.1. The minimum atomic E-state index is -1.30. The SMILES string of the molecule is C[Si](C)(C)c1cc(Cc2ccccc2)co1. The van der Waals surface area contributed by atoms with Crippen molar-refractivity contribution in [1.29, 1.82) is 0 Å². The van der Waals surface area contributed by atoms with Crippen LogP contribution in [0.5, 0.6) is 0 Å². The normalized spacial score (nSPS) is 11.7. The van der Waals surface area contributed by atoms with Crippen LogP contribution in [0.1, 0.15) is 11.1 Å². The lowest BCUT2D eigenvalue weighted by Gasteiger charge is -2.10.